The SMILES string of the molecule is CC(C)(C)Cc1ccc2sc(N)nc2c1. The summed E-state index contributed by atoms with van der Waals surface area (Å²) in [5.74, 6) is 0. The number of rotatable bonds is 1. The molecule has 0 saturated carbocycles. The van der Waals surface area contributed by atoms with Crippen LogP contribution in [-0.4, -0.2) is 4.98 Å². The third kappa shape index (κ3) is 2.48. The van der Waals surface area contributed by atoms with Crippen LogP contribution in [0.15, 0.2) is 18.2 Å². The molecule has 0 radical (unpaired) electrons. The van der Waals surface area contributed by atoms with E-state index in [1.165, 1.54) is 10.3 Å². The van der Waals surface area contributed by atoms with E-state index in [9.17, 15) is 0 Å². The Labute approximate surface area is 94.1 Å². The van der Waals surface area contributed by atoms with Crippen molar-refractivity contribution in [3.8, 4) is 0 Å². The van der Waals surface area contributed by atoms with Crippen LogP contribution in [0.1, 0.15) is 26.3 Å². The summed E-state index contributed by atoms with van der Waals surface area (Å²) in [7, 11) is 0. The number of nitrogens with two attached hydrogens (primary N) is 1. The Morgan fingerprint density at radius 1 is 1.33 bits per heavy atom. The predicted octanol–water partition coefficient (Wildman–Crippen LogP) is 3.47. The molecule has 1 aromatic heterocycles. The van der Waals surface area contributed by atoms with Gasteiger partial charge in [0.15, 0.2) is 5.13 Å². The van der Waals surface area contributed by atoms with Crippen molar-refractivity contribution in [3.63, 3.8) is 0 Å². The number of thiazole rings is 1. The molecule has 0 aliphatic heterocycles. The van der Waals surface area contributed by atoms with Gasteiger partial charge >= 0.3 is 0 Å². The number of hydrogen-bond donors (Lipinski definition) is 1. The van der Waals surface area contributed by atoms with Gasteiger partial charge in [0.1, 0.15) is 0 Å². The summed E-state index contributed by atoms with van der Waals surface area (Å²) >= 11 is 1.55. The van der Waals surface area contributed by atoms with Crippen LogP contribution in [0.5, 0.6) is 0 Å². The van der Waals surface area contributed by atoms with Gasteiger partial charge in [0.05, 0.1) is 10.2 Å². The normalized spacial score (nSPS) is 12.2. The Hall–Kier alpha value is -1.09. The van der Waals surface area contributed by atoms with E-state index in [1.54, 1.807) is 11.3 Å². The van der Waals surface area contributed by atoms with Crippen molar-refractivity contribution in [3.05, 3.63) is 23.8 Å². The maximum absolute atomic E-state index is 5.68. The first-order valence-electron chi connectivity index (χ1n) is 5.09. The van der Waals surface area contributed by atoms with E-state index in [1.807, 2.05) is 0 Å². The Kier molecular flexibility index (Phi) is 2.43. The van der Waals surface area contributed by atoms with Crippen LogP contribution >= 0.6 is 11.3 Å². The molecule has 1 heterocycles. The van der Waals surface area contributed by atoms with Crippen LogP contribution in [0.25, 0.3) is 10.2 Å². The molecule has 1 aromatic carbocycles. The minimum Gasteiger partial charge on any atom is -0.375 e. The zero-order chi connectivity index (χ0) is 11.1. The van der Waals surface area contributed by atoms with Gasteiger partial charge in [-0.1, -0.05) is 38.2 Å². The van der Waals surface area contributed by atoms with Crippen LogP contribution in [0.4, 0.5) is 5.13 Å². The summed E-state index contributed by atoms with van der Waals surface area (Å²) in [6.07, 6.45) is 1.07. The average molecular weight is 220 g/mol. The Morgan fingerprint density at radius 2 is 2.07 bits per heavy atom. The van der Waals surface area contributed by atoms with Gasteiger partial charge in [0.2, 0.25) is 0 Å². The monoisotopic (exact) mass is 220 g/mol. The fourth-order valence-corrected chi connectivity index (χ4v) is 2.43. The molecule has 80 valence electrons. The molecule has 15 heavy (non-hydrogen) atoms. The van der Waals surface area contributed by atoms with Crippen molar-refractivity contribution in [2.24, 2.45) is 5.41 Å². The van der Waals surface area contributed by atoms with Gasteiger partial charge in [0.25, 0.3) is 0 Å². The molecule has 2 N–H and O–H groups in total. The Balaban J connectivity index is 2.38. The molecular formula is C12H16N2S. The lowest BCUT2D eigenvalue weighted by Crippen LogP contribution is -2.08. The quantitative estimate of drug-likeness (QED) is 0.799. The number of nitrogen functional groups attached to an aromatic ring is 1. The second-order valence-corrected chi connectivity index (χ2v) is 6.15. The lowest BCUT2D eigenvalue weighted by molar-refractivity contribution is 0.411. The molecule has 0 fully saturated rings. The number of fused-ring (bicyclic) bond motifs is 1. The number of benzene rings is 1. The first-order valence-corrected chi connectivity index (χ1v) is 5.91. The van der Waals surface area contributed by atoms with E-state index < -0.39 is 0 Å². The molecule has 2 nitrogen and oxygen atoms in total. The maximum Gasteiger partial charge on any atom is 0.181 e. The number of hydrogen-bond acceptors (Lipinski definition) is 3. The van der Waals surface area contributed by atoms with E-state index in [2.05, 4.69) is 44.0 Å². The summed E-state index contributed by atoms with van der Waals surface area (Å²) in [5, 5.41) is 0.651. The van der Waals surface area contributed by atoms with Gasteiger partial charge in [-0.15, -0.1) is 0 Å². The second-order valence-electron chi connectivity index (χ2n) is 5.09. The predicted molar refractivity (Wildman–Crippen MR) is 67.2 cm³/mol. The molecular weight excluding hydrogens is 204 g/mol. The highest BCUT2D eigenvalue weighted by Crippen LogP contribution is 2.27. The van der Waals surface area contributed by atoms with E-state index >= 15 is 0 Å². The van der Waals surface area contributed by atoms with Crippen LogP contribution < -0.4 is 5.73 Å². The van der Waals surface area contributed by atoms with Crippen molar-refractivity contribution < 1.29 is 0 Å². The lowest BCUT2D eigenvalue weighted by atomic mass is 9.88. The van der Waals surface area contributed by atoms with Crippen LogP contribution in [0, 0.1) is 5.41 Å². The largest absolute Gasteiger partial charge is 0.375 e. The highest BCUT2D eigenvalue weighted by Gasteiger charge is 2.12. The summed E-state index contributed by atoms with van der Waals surface area (Å²) in [6.45, 7) is 6.73. The van der Waals surface area contributed by atoms with Crippen molar-refractivity contribution in [2.45, 2.75) is 27.2 Å². The molecule has 0 aliphatic carbocycles. The zero-order valence-electron chi connectivity index (χ0n) is 9.37. The molecule has 3 heteroatoms. The number of nitrogens with zero attached hydrogens (tertiary/aromatic N) is 1. The first-order chi connectivity index (χ1) is 6.94. The molecule has 0 amide bonds. The molecule has 0 aliphatic rings. The summed E-state index contributed by atoms with van der Waals surface area (Å²) < 4.78 is 1.17. The molecule has 0 saturated heterocycles. The standard InChI is InChI=1S/C12H16N2S/c1-12(2,3)7-8-4-5-10-9(6-8)14-11(13)15-10/h4-6H,7H2,1-3H3,(H2,13,14). The fourth-order valence-electron chi connectivity index (χ4n) is 1.71. The van der Waals surface area contributed by atoms with E-state index in [-0.39, 0.29) is 0 Å². The van der Waals surface area contributed by atoms with E-state index in [0.717, 1.165) is 11.9 Å². The first kappa shape index (κ1) is 10.4. The molecule has 0 bridgehead atoms. The van der Waals surface area contributed by atoms with Crippen molar-refractivity contribution in [1.29, 1.82) is 0 Å². The molecule has 0 unspecified atom stereocenters. The molecule has 0 atom stereocenters. The number of aromatic nitrogens is 1. The van der Waals surface area contributed by atoms with Gasteiger partial charge in [-0.25, -0.2) is 4.98 Å². The summed E-state index contributed by atoms with van der Waals surface area (Å²) in [5.41, 5.74) is 8.35. The van der Waals surface area contributed by atoms with Gasteiger partial charge in [-0.2, -0.15) is 0 Å². The van der Waals surface area contributed by atoms with Gasteiger partial charge in [0, 0.05) is 0 Å². The van der Waals surface area contributed by atoms with Crippen molar-refractivity contribution in [2.75, 3.05) is 5.73 Å². The van der Waals surface area contributed by atoms with Gasteiger partial charge in [-0.05, 0) is 29.5 Å². The van der Waals surface area contributed by atoms with E-state index in [4.69, 9.17) is 5.73 Å². The van der Waals surface area contributed by atoms with Crippen LogP contribution in [-0.2, 0) is 6.42 Å². The van der Waals surface area contributed by atoms with Crippen LogP contribution in [0.2, 0.25) is 0 Å². The van der Waals surface area contributed by atoms with Crippen molar-refractivity contribution in [1.82, 2.24) is 4.98 Å². The van der Waals surface area contributed by atoms with E-state index in [0.29, 0.717) is 10.5 Å². The highest BCUT2D eigenvalue weighted by molar-refractivity contribution is 7.22. The lowest BCUT2D eigenvalue weighted by Gasteiger charge is -2.17. The number of anilines is 1. The molecule has 2 rings (SSSR count). The minimum atomic E-state index is 0.315. The molecule has 2 aromatic rings. The summed E-state index contributed by atoms with van der Waals surface area (Å²) in [4.78, 5) is 4.30. The Morgan fingerprint density at radius 3 is 2.73 bits per heavy atom. The highest BCUT2D eigenvalue weighted by atomic mass is 32.1. The third-order valence-corrected chi connectivity index (χ3v) is 3.07. The van der Waals surface area contributed by atoms with Gasteiger partial charge in [-0.3, -0.25) is 0 Å². The summed E-state index contributed by atoms with van der Waals surface area (Å²) in [6, 6.07) is 6.43. The average Bonchev–Trinajstić information content (AvgIpc) is 2.40. The third-order valence-electron chi connectivity index (χ3n) is 2.20. The fraction of sp³-hybridized carbons (Fsp3) is 0.417. The zero-order valence-corrected chi connectivity index (χ0v) is 10.2. The topological polar surface area (TPSA) is 38.9 Å². The van der Waals surface area contributed by atoms with Crippen molar-refractivity contribution >= 4 is 26.7 Å². The maximum atomic E-state index is 5.68. The molecule has 0 spiro atoms. The Bertz CT molecular complexity index is 480. The second kappa shape index (κ2) is 3.49. The smallest absolute Gasteiger partial charge is 0.181 e. The minimum absolute atomic E-state index is 0.315. The van der Waals surface area contributed by atoms with Crippen LogP contribution in [0.3, 0.4) is 0 Å². The van der Waals surface area contributed by atoms with Gasteiger partial charge < -0.3 is 5.73 Å².